The first-order valence-electron chi connectivity index (χ1n) is 5.93. The number of imidazole rings is 1. The van der Waals surface area contributed by atoms with Crippen LogP contribution in [-0.2, 0) is 11.3 Å². The van der Waals surface area contributed by atoms with Gasteiger partial charge in [0.05, 0.1) is 30.4 Å². The molecule has 0 atom stereocenters. The van der Waals surface area contributed by atoms with Gasteiger partial charge in [0.1, 0.15) is 0 Å². The van der Waals surface area contributed by atoms with Crippen LogP contribution >= 0.6 is 12.2 Å². The fourth-order valence-electron chi connectivity index (χ4n) is 1.74. The van der Waals surface area contributed by atoms with Crippen LogP contribution in [0.3, 0.4) is 0 Å². The summed E-state index contributed by atoms with van der Waals surface area (Å²) in [7, 11) is 4.07. The van der Waals surface area contributed by atoms with Gasteiger partial charge in [-0.05, 0) is 32.4 Å². The Hall–Kier alpha value is -1.24. The summed E-state index contributed by atoms with van der Waals surface area (Å²) in [5.74, 6) is 0. The third-order valence-electron chi connectivity index (χ3n) is 2.72. The van der Waals surface area contributed by atoms with E-state index >= 15 is 0 Å². The van der Waals surface area contributed by atoms with Crippen molar-refractivity contribution in [2.24, 2.45) is 0 Å². The molecule has 6 heteroatoms. The zero-order chi connectivity index (χ0) is 13.0. The quantitative estimate of drug-likeness (QED) is 0.638. The monoisotopic (exact) mass is 266 g/mol. The molecule has 2 heterocycles. The van der Waals surface area contributed by atoms with Gasteiger partial charge in [0.25, 0.3) is 0 Å². The SMILES string of the molecule is CN(C)CCOCCn1c(=S)[nH]c2cnccc21. The molecular formula is C12H18N4OS. The summed E-state index contributed by atoms with van der Waals surface area (Å²) >= 11 is 5.29. The highest BCUT2D eigenvalue weighted by molar-refractivity contribution is 7.71. The van der Waals surface area contributed by atoms with Gasteiger partial charge in [0.15, 0.2) is 4.77 Å². The number of aromatic amines is 1. The van der Waals surface area contributed by atoms with Gasteiger partial charge in [-0.15, -0.1) is 0 Å². The average Bonchev–Trinajstić information content (AvgIpc) is 2.65. The summed E-state index contributed by atoms with van der Waals surface area (Å²) in [6, 6.07) is 1.96. The number of nitrogens with one attached hydrogen (secondary N) is 1. The highest BCUT2D eigenvalue weighted by Crippen LogP contribution is 2.11. The molecule has 18 heavy (non-hydrogen) atoms. The summed E-state index contributed by atoms with van der Waals surface area (Å²) in [5.41, 5.74) is 2.04. The molecule has 0 unspecified atom stereocenters. The first-order valence-corrected chi connectivity index (χ1v) is 6.34. The molecule has 0 aliphatic heterocycles. The number of likely N-dealkylation sites (N-methyl/N-ethyl adjacent to an activating group) is 1. The van der Waals surface area contributed by atoms with Crippen LogP contribution in [0.1, 0.15) is 0 Å². The van der Waals surface area contributed by atoms with Gasteiger partial charge in [0.2, 0.25) is 0 Å². The van der Waals surface area contributed by atoms with Crippen LogP contribution in [0.15, 0.2) is 18.5 Å². The van der Waals surface area contributed by atoms with Crippen LogP contribution < -0.4 is 0 Å². The fraction of sp³-hybridized carbons (Fsp3) is 0.500. The molecule has 98 valence electrons. The number of H-pyrrole nitrogens is 1. The number of hydrogen-bond donors (Lipinski definition) is 1. The van der Waals surface area contributed by atoms with Crippen LogP contribution in [0.25, 0.3) is 11.0 Å². The lowest BCUT2D eigenvalue weighted by molar-refractivity contribution is 0.111. The molecule has 2 aromatic heterocycles. The Balaban J connectivity index is 1.95. The molecule has 2 aromatic rings. The molecule has 0 aliphatic carbocycles. The van der Waals surface area contributed by atoms with Gasteiger partial charge in [-0.3, -0.25) is 4.98 Å². The van der Waals surface area contributed by atoms with E-state index in [0.717, 1.165) is 30.7 Å². The average molecular weight is 266 g/mol. The van der Waals surface area contributed by atoms with E-state index in [2.05, 4.69) is 14.9 Å². The number of aromatic nitrogens is 3. The maximum absolute atomic E-state index is 5.58. The second kappa shape index (κ2) is 6.08. The molecule has 0 radical (unpaired) electrons. The Bertz CT molecular complexity index is 560. The number of ether oxygens (including phenoxy) is 1. The van der Waals surface area contributed by atoms with Crippen molar-refractivity contribution in [2.45, 2.75) is 6.54 Å². The van der Waals surface area contributed by atoms with Crippen LogP contribution in [0.4, 0.5) is 0 Å². The number of nitrogens with zero attached hydrogens (tertiary/aromatic N) is 3. The largest absolute Gasteiger partial charge is 0.378 e. The summed E-state index contributed by atoms with van der Waals surface area (Å²) in [4.78, 5) is 9.31. The smallest absolute Gasteiger partial charge is 0.178 e. The Labute approximate surface area is 111 Å². The lowest BCUT2D eigenvalue weighted by atomic mass is 10.4. The molecule has 0 saturated heterocycles. The van der Waals surface area contributed by atoms with Crippen molar-refractivity contribution in [3.63, 3.8) is 0 Å². The summed E-state index contributed by atoms with van der Waals surface area (Å²) in [6.07, 6.45) is 3.56. The third-order valence-corrected chi connectivity index (χ3v) is 3.04. The first-order chi connectivity index (χ1) is 8.68. The second-order valence-corrected chi connectivity index (χ2v) is 4.78. The van der Waals surface area contributed by atoms with Crippen molar-refractivity contribution in [3.05, 3.63) is 23.2 Å². The Morgan fingerprint density at radius 3 is 3.06 bits per heavy atom. The van der Waals surface area contributed by atoms with Gasteiger partial charge in [-0.25, -0.2) is 0 Å². The number of rotatable bonds is 6. The van der Waals surface area contributed by atoms with E-state index in [1.54, 1.807) is 12.4 Å². The van der Waals surface area contributed by atoms with E-state index in [9.17, 15) is 0 Å². The van der Waals surface area contributed by atoms with Gasteiger partial charge in [-0.1, -0.05) is 0 Å². The fourth-order valence-corrected chi connectivity index (χ4v) is 2.04. The van der Waals surface area contributed by atoms with E-state index in [1.165, 1.54) is 0 Å². The summed E-state index contributed by atoms with van der Waals surface area (Å²) in [6.45, 7) is 3.10. The standard InChI is InChI=1S/C12H18N4OS/c1-15(2)5-7-17-8-6-16-11-3-4-13-9-10(11)14-12(16)18/h3-4,9H,5-8H2,1-2H3,(H,14,18). The van der Waals surface area contributed by atoms with E-state index < -0.39 is 0 Å². The molecule has 0 fully saturated rings. The highest BCUT2D eigenvalue weighted by atomic mass is 32.1. The molecule has 0 bridgehead atoms. The minimum absolute atomic E-state index is 0.664. The summed E-state index contributed by atoms with van der Waals surface area (Å²) in [5, 5.41) is 0. The van der Waals surface area contributed by atoms with E-state index in [0.29, 0.717) is 11.4 Å². The lowest BCUT2D eigenvalue weighted by Crippen LogP contribution is -2.19. The molecule has 1 N–H and O–H groups in total. The molecule has 0 aliphatic rings. The third kappa shape index (κ3) is 3.16. The molecular weight excluding hydrogens is 248 g/mol. The van der Waals surface area contributed by atoms with Crippen LogP contribution in [0, 0.1) is 4.77 Å². The lowest BCUT2D eigenvalue weighted by Gasteiger charge is -2.10. The van der Waals surface area contributed by atoms with E-state index in [4.69, 9.17) is 17.0 Å². The van der Waals surface area contributed by atoms with Crippen LogP contribution in [-0.4, -0.2) is 53.3 Å². The Morgan fingerprint density at radius 2 is 2.28 bits per heavy atom. The normalized spacial score (nSPS) is 11.5. The molecule has 0 saturated carbocycles. The van der Waals surface area contributed by atoms with E-state index in [1.807, 2.05) is 24.7 Å². The van der Waals surface area contributed by atoms with Crippen molar-refractivity contribution in [2.75, 3.05) is 33.9 Å². The van der Waals surface area contributed by atoms with Crippen molar-refractivity contribution in [3.8, 4) is 0 Å². The first kappa shape index (κ1) is 13.2. The Morgan fingerprint density at radius 1 is 1.44 bits per heavy atom. The topological polar surface area (TPSA) is 46.1 Å². The zero-order valence-corrected chi connectivity index (χ0v) is 11.5. The zero-order valence-electron chi connectivity index (χ0n) is 10.7. The number of fused-ring (bicyclic) bond motifs is 1. The number of pyridine rings is 1. The van der Waals surface area contributed by atoms with Gasteiger partial charge in [0, 0.05) is 19.3 Å². The molecule has 5 nitrogen and oxygen atoms in total. The molecule has 0 amide bonds. The van der Waals surface area contributed by atoms with Crippen molar-refractivity contribution >= 4 is 23.3 Å². The predicted octanol–water partition coefficient (Wildman–Crippen LogP) is 1.67. The Kier molecular flexibility index (Phi) is 4.46. The second-order valence-electron chi connectivity index (χ2n) is 4.39. The van der Waals surface area contributed by atoms with Gasteiger partial charge in [-0.2, -0.15) is 0 Å². The van der Waals surface area contributed by atoms with Gasteiger partial charge < -0.3 is 19.2 Å². The molecule has 0 aromatic carbocycles. The predicted molar refractivity (Wildman–Crippen MR) is 74.3 cm³/mol. The number of hydrogen-bond acceptors (Lipinski definition) is 4. The summed E-state index contributed by atoms with van der Waals surface area (Å²) < 4.78 is 8.34. The maximum Gasteiger partial charge on any atom is 0.178 e. The highest BCUT2D eigenvalue weighted by Gasteiger charge is 2.03. The maximum atomic E-state index is 5.58. The minimum Gasteiger partial charge on any atom is -0.378 e. The molecule has 0 spiro atoms. The van der Waals surface area contributed by atoms with Crippen molar-refractivity contribution < 1.29 is 4.74 Å². The minimum atomic E-state index is 0.664. The van der Waals surface area contributed by atoms with Crippen LogP contribution in [0.2, 0.25) is 0 Å². The van der Waals surface area contributed by atoms with Crippen molar-refractivity contribution in [1.29, 1.82) is 0 Å². The van der Waals surface area contributed by atoms with Crippen molar-refractivity contribution in [1.82, 2.24) is 19.4 Å². The van der Waals surface area contributed by atoms with Gasteiger partial charge >= 0.3 is 0 Å². The van der Waals surface area contributed by atoms with E-state index in [-0.39, 0.29) is 0 Å². The van der Waals surface area contributed by atoms with Crippen LogP contribution in [0.5, 0.6) is 0 Å². The molecule has 2 rings (SSSR count).